The Morgan fingerprint density at radius 2 is 1.72 bits per heavy atom. The van der Waals surface area contributed by atoms with Crippen LogP contribution < -0.4 is 5.73 Å². The predicted molar refractivity (Wildman–Crippen MR) is 73.3 cm³/mol. The number of carbonyl (C=O) groups is 1. The van der Waals surface area contributed by atoms with Gasteiger partial charge in [-0.25, -0.2) is 0 Å². The highest BCUT2D eigenvalue weighted by molar-refractivity contribution is 5.73. The Balaban J connectivity index is 2.56. The highest BCUT2D eigenvalue weighted by Crippen LogP contribution is 2.11. The zero-order chi connectivity index (χ0) is 13.8. The Hall–Kier alpha value is -1.35. The molecule has 0 amide bonds. The van der Waals surface area contributed by atoms with E-state index in [4.69, 9.17) is 10.5 Å². The van der Waals surface area contributed by atoms with E-state index >= 15 is 0 Å². The lowest BCUT2D eigenvalue weighted by Gasteiger charge is -2.19. The van der Waals surface area contributed by atoms with Crippen LogP contribution >= 0.6 is 0 Å². The van der Waals surface area contributed by atoms with Crippen LogP contribution in [0.4, 0.5) is 0 Å². The summed E-state index contributed by atoms with van der Waals surface area (Å²) in [6.45, 7) is 7.60. The van der Waals surface area contributed by atoms with Crippen LogP contribution in [0, 0.1) is 0 Å². The molecule has 0 aliphatic rings. The molecule has 1 unspecified atom stereocenters. The summed E-state index contributed by atoms with van der Waals surface area (Å²) < 4.78 is 5.28. The van der Waals surface area contributed by atoms with Gasteiger partial charge in [0.1, 0.15) is 5.60 Å². The van der Waals surface area contributed by atoms with E-state index in [9.17, 15) is 4.79 Å². The fraction of sp³-hybridized carbons (Fsp3) is 0.533. The molecule has 0 fully saturated rings. The quantitative estimate of drug-likeness (QED) is 0.834. The van der Waals surface area contributed by atoms with Crippen LogP contribution in [0.15, 0.2) is 24.3 Å². The van der Waals surface area contributed by atoms with Crippen molar-refractivity contribution in [2.75, 3.05) is 0 Å². The molecule has 1 rings (SSSR count). The third kappa shape index (κ3) is 5.82. The maximum atomic E-state index is 11.6. The van der Waals surface area contributed by atoms with Gasteiger partial charge in [0.05, 0.1) is 6.42 Å². The van der Waals surface area contributed by atoms with E-state index in [1.165, 1.54) is 5.56 Å². The van der Waals surface area contributed by atoms with Gasteiger partial charge in [-0.2, -0.15) is 0 Å². The number of rotatable bonds is 4. The van der Waals surface area contributed by atoms with E-state index in [-0.39, 0.29) is 12.0 Å². The molecule has 0 saturated heterocycles. The van der Waals surface area contributed by atoms with Gasteiger partial charge in [-0.3, -0.25) is 4.79 Å². The molecule has 0 bridgehead atoms. The first-order valence-corrected chi connectivity index (χ1v) is 6.31. The number of esters is 1. The Bertz CT molecular complexity index is 388. The lowest BCUT2D eigenvalue weighted by molar-refractivity contribution is -0.153. The molecule has 0 aromatic heterocycles. The van der Waals surface area contributed by atoms with Crippen molar-refractivity contribution in [2.24, 2.45) is 5.73 Å². The molecule has 100 valence electrons. The van der Waals surface area contributed by atoms with Gasteiger partial charge in [-0.1, -0.05) is 24.3 Å². The van der Waals surface area contributed by atoms with Crippen molar-refractivity contribution in [3.05, 3.63) is 35.4 Å². The van der Waals surface area contributed by atoms with E-state index in [0.29, 0.717) is 6.42 Å². The first-order chi connectivity index (χ1) is 8.26. The van der Waals surface area contributed by atoms with Crippen molar-refractivity contribution in [3.63, 3.8) is 0 Å². The van der Waals surface area contributed by atoms with Gasteiger partial charge < -0.3 is 10.5 Å². The number of hydrogen-bond donors (Lipinski definition) is 1. The minimum absolute atomic E-state index is 0.154. The normalized spacial score (nSPS) is 13.2. The molecule has 1 aromatic rings. The molecule has 1 aromatic carbocycles. The number of nitrogens with two attached hydrogens (primary N) is 1. The zero-order valence-electron chi connectivity index (χ0n) is 11.7. The van der Waals surface area contributed by atoms with Crippen LogP contribution in [-0.4, -0.2) is 17.6 Å². The molecule has 2 N–H and O–H groups in total. The SMILES string of the molecule is CC(N)Cc1ccc(CC(=O)OC(C)(C)C)cc1. The first kappa shape index (κ1) is 14.7. The number of hydrogen-bond acceptors (Lipinski definition) is 3. The van der Waals surface area contributed by atoms with Gasteiger partial charge in [-0.15, -0.1) is 0 Å². The topological polar surface area (TPSA) is 52.3 Å². The van der Waals surface area contributed by atoms with Gasteiger partial charge in [0.2, 0.25) is 0 Å². The van der Waals surface area contributed by atoms with Crippen LogP contribution in [-0.2, 0) is 22.4 Å². The summed E-state index contributed by atoms with van der Waals surface area (Å²) in [4.78, 5) is 11.6. The predicted octanol–water partition coefficient (Wildman–Crippen LogP) is 2.46. The Morgan fingerprint density at radius 1 is 1.22 bits per heavy atom. The second kappa shape index (κ2) is 6.01. The van der Waals surface area contributed by atoms with E-state index in [1.54, 1.807) is 0 Å². The molecule has 0 heterocycles. The first-order valence-electron chi connectivity index (χ1n) is 6.31. The maximum Gasteiger partial charge on any atom is 0.310 e. The van der Waals surface area contributed by atoms with E-state index in [2.05, 4.69) is 0 Å². The molecule has 3 nitrogen and oxygen atoms in total. The summed E-state index contributed by atoms with van der Waals surface area (Å²) in [5.74, 6) is -0.192. The van der Waals surface area contributed by atoms with Crippen molar-refractivity contribution < 1.29 is 9.53 Å². The lowest BCUT2D eigenvalue weighted by Crippen LogP contribution is -2.24. The van der Waals surface area contributed by atoms with Gasteiger partial charge in [-0.05, 0) is 45.2 Å². The average Bonchev–Trinajstić information content (AvgIpc) is 2.17. The Morgan fingerprint density at radius 3 is 2.17 bits per heavy atom. The van der Waals surface area contributed by atoms with Crippen LogP contribution in [0.1, 0.15) is 38.8 Å². The zero-order valence-corrected chi connectivity index (χ0v) is 11.7. The van der Waals surface area contributed by atoms with Crippen molar-refractivity contribution in [2.45, 2.75) is 52.2 Å². The summed E-state index contributed by atoms with van der Waals surface area (Å²) in [5, 5.41) is 0. The molecule has 18 heavy (non-hydrogen) atoms. The van der Waals surface area contributed by atoms with E-state index in [0.717, 1.165) is 12.0 Å². The highest BCUT2D eigenvalue weighted by Gasteiger charge is 2.16. The lowest BCUT2D eigenvalue weighted by atomic mass is 10.0. The second-order valence-corrected chi connectivity index (χ2v) is 5.76. The van der Waals surface area contributed by atoms with E-state index < -0.39 is 5.60 Å². The number of carbonyl (C=O) groups excluding carboxylic acids is 1. The molecular formula is C15H23NO2. The molecule has 0 radical (unpaired) electrons. The minimum Gasteiger partial charge on any atom is -0.460 e. The van der Waals surface area contributed by atoms with Crippen molar-refractivity contribution >= 4 is 5.97 Å². The van der Waals surface area contributed by atoms with E-state index in [1.807, 2.05) is 52.0 Å². The summed E-state index contributed by atoms with van der Waals surface area (Å²) in [7, 11) is 0. The fourth-order valence-electron chi connectivity index (χ4n) is 1.71. The third-order valence-electron chi connectivity index (χ3n) is 2.35. The van der Waals surface area contributed by atoms with Crippen LogP contribution in [0.3, 0.4) is 0 Å². The Labute approximate surface area is 109 Å². The summed E-state index contributed by atoms with van der Waals surface area (Å²) in [6, 6.07) is 8.11. The third-order valence-corrected chi connectivity index (χ3v) is 2.35. The largest absolute Gasteiger partial charge is 0.460 e. The number of benzene rings is 1. The minimum atomic E-state index is -0.425. The van der Waals surface area contributed by atoms with Gasteiger partial charge >= 0.3 is 5.97 Å². The summed E-state index contributed by atoms with van der Waals surface area (Å²) >= 11 is 0. The summed E-state index contributed by atoms with van der Waals surface area (Å²) in [6.07, 6.45) is 1.17. The fourth-order valence-corrected chi connectivity index (χ4v) is 1.71. The van der Waals surface area contributed by atoms with Gasteiger partial charge in [0.25, 0.3) is 0 Å². The molecule has 1 atom stereocenters. The highest BCUT2D eigenvalue weighted by atomic mass is 16.6. The smallest absolute Gasteiger partial charge is 0.310 e. The Kier molecular flexibility index (Phi) is 4.91. The average molecular weight is 249 g/mol. The molecule has 0 aliphatic carbocycles. The molecule has 3 heteroatoms. The molecule has 0 spiro atoms. The van der Waals surface area contributed by atoms with Crippen LogP contribution in [0.25, 0.3) is 0 Å². The van der Waals surface area contributed by atoms with Gasteiger partial charge in [0, 0.05) is 6.04 Å². The van der Waals surface area contributed by atoms with Crippen molar-refractivity contribution in [1.29, 1.82) is 0 Å². The van der Waals surface area contributed by atoms with Crippen molar-refractivity contribution in [1.82, 2.24) is 0 Å². The second-order valence-electron chi connectivity index (χ2n) is 5.76. The number of ether oxygens (including phenoxy) is 1. The standard InChI is InChI=1S/C15H23NO2/c1-11(16)9-12-5-7-13(8-6-12)10-14(17)18-15(2,3)4/h5-8,11H,9-10,16H2,1-4H3. The van der Waals surface area contributed by atoms with Crippen molar-refractivity contribution in [3.8, 4) is 0 Å². The maximum absolute atomic E-state index is 11.6. The van der Waals surface area contributed by atoms with Gasteiger partial charge in [0.15, 0.2) is 0 Å². The molecule has 0 saturated carbocycles. The monoisotopic (exact) mass is 249 g/mol. The molecule has 0 aliphatic heterocycles. The van der Waals surface area contributed by atoms with Crippen LogP contribution in [0.5, 0.6) is 0 Å². The van der Waals surface area contributed by atoms with Crippen LogP contribution in [0.2, 0.25) is 0 Å². The summed E-state index contributed by atoms with van der Waals surface area (Å²) in [5.41, 5.74) is 7.48. The molecular weight excluding hydrogens is 226 g/mol.